The fourth-order valence-corrected chi connectivity index (χ4v) is 2.21. The summed E-state index contributed by atoms with van der Waals surface area (Å²) in [5.74, 6) is -0.144. The lowest BCUT2D eigenvalue weighted by Crippen LogP contribution is -2.35. The van der Waals surface area contributed by atoms with Crippen molar-refractivity contribution in [3.05, 3.63) is 22.6 Å². The number of fused-ring (bicyclic) bond motifs is 1. The van der Waals surface area contributed by atoms with Crippen LogP contribution in [0.1, 0.15) is 26.6 Å². The second kappa shape index (κ2) is 4.92. The average molecular weight is 326 g/mol. The number of H-pyrrole nitrogens is 1. The molecule has 2 heterocycles. The lowest BCUT2D eigenvalue weighted by atomic mass is 9.76. The number of rotatable bonds is 4. The fourth-order valence-electron chi connectivity index (χ4n) is 1.88. The van der Waals surface area contributed by atoms with Crippen LogP contribution in [0.15, 0.2) is 16.7 Å². The largest absolute Gasteiger partial charge is 0.481 e. The number of hydrogen-bond acceptors (Lipinski definition) is 3. The minimum absolute atomic E-state index is 0.0120. The zero-order valence-corrected chi connectivity index (χ0v) is 12.7. The number of imidazole rings is 1. The Morgan fingerprint density at radius 1 is 1.58 bits per heavy atom. The van der Waals surface area contributed by atoms with Crippen LogP contribution in [0.25, 0.3) is 11.2 Å². The van der Waals surface area contributed by atoms with E-state index in [0.29, 0.717) is 17.9 Å². The number of pyridine rings is 1. The highest BCUT2D eigenvalue weighted by molar-refractivity contribution is 9.10. The Hall–Kier alpha value is -1.43. The summed E-state index contributed by atoms with van der Waals surface area (Å²) in [5.41, 5.74) is 0.570. The van der Waals surface area contributed by atoms with Crippen molar-refractivity contribution in [2.45, 2.75) is 27.2 Å². The number of carboxylic acids is 1. The average Bonchev–Trinajstić information content (AvgIpc) is 2.69. The Morgan fingerprint density at radius 2 is 2.26 bits per heavy atom. The number of carbonyl (C=O) groups is 1. The Balaban J connectivity index is 2.37. The summed E-state index contributed by atoms with van der Waals surface area (Å²) in [6.07, 6.45) is 2.03. The molecule has 0 amide bonds. The molecule has 1 unspecified atom stereocenters. The summed E-state index contributed by atoms with van der Waals surface area (Å²) in [7, 11) is 0. The van der Waals surface area contributed by atoms with Crippen LogP contribution in [0.3, 0.4) is 0 Å². The van der Waals surface area contributed by atoms with E-state index in [0.717, 1.165) is 9.99 Å². The van der Waals surface area contributed by atoms with E-state index in [4.69, 9.17) is 0 Å². The fraction of sp³-hybridized carbons (Fsp3) is 0.462. The molecule has 0 radical (unpaired) electrons. The van der Waals surface area contributed by atoms with E-state index in [-0.39, 0.29) is 5.92 Å². The van der Waals surface area contributed by atoms with Crippen LogP contribution in [-0.4, -0.2) is 26.0 Å². The van der Waals surface area contributed by atoms with Gasteiger partial charge in [-0.05, 0) is 34.8 Å². The minimum Gasteiger partial charge on any atom is -0.481 e. The van der Waals surface area contributed by atoms with E-state index in [9.17, 15) is 9.90 Å². The Kier molecular flexibility index (Phi) is 3.62. The summed E-state index contributed by atoms with van der Waals surface area (Å²) < 4.78 is 0.861. The number of hydrogen-bond donors (Lipinski definition) is 2. The predicted octanol–water partition coefficient (Wildman–Crippen LogP) is 3.01. The Bertz CT molecular complexity index is 623. The lowest BCUT2D eigenvalue weighted by molar-refractivity contribution is -0.150. The van der Waals surface area contributed by atoms with Crippen LogP contribution >= 0.6 is 15.9 Å². The van der Waals surface area contributed by atoms with Gasteiger partial charge in [-0.25, -0.2) is 9.97 Å². The number of nitrogens with one attached hydrogen (secondary N) is 1. The van der Waals surface area contributed by atoms with E-state index in [1.165, 1.54) is 0 Å². The van der Waals surface area contributed by atoms with Crippen molar-refractivity contribution in [3.63, 3.8) is 0 Å². The highest BCUT2D eigenvalue weighted by Gasteiger charge is 2.37. The molecule has 1 atom stereocenters. The highest BCUT2D eigenvalue weighted by atomic mass is 79.9. The van der Waals surface area contributed by atoms with E-state index in [1.54, 1.807) is 13.1 Å². The van der Waals surface area contributed by atoms with Gasteiger partial charge in [0.2, 0.25) is 0 Å². The number of nitrogens with zero attached hydrogens (tertiary/aromatic N) is 2. The molecule has 0 aliphatic carbocycles. The van der Waals surface area contributed by atoms with Crippen molar-refractivity contribution < 1.29 is 9.90 Å². The van der Waals surface area contributed by atoms with Crippen molar-refractivity contribution in [1.29, 1.82) is 0 Å². The molecule has 0 saturated heterocycles. The normalized spacial score (nSPS) is 14.8. The van der Waals surface area contributed by atoms with Gasteiger partial charge in [0.1, 0.15) is 5.82 Å². The quantitative estimate of drug-likeness (QED) is 0.905. The lowest BCUT2D eigenvalue weighted by Gasteiger charge is -2.27. The van der Waals surface area contributed by atoms with Crippen LogP contribution in [0.2, 0.25) is 0 Å². The number of aromatic nitrogens is 3. The summed E-state index contributed by atoms with van der Waals surface area (Å²) in [5, 5.41) is 9.42. The van der Waals surface area contributed by atoms with E-state index < -0.39 is 11.4 Å². The third-order valence-electron chi connectivity index (χ3n) is 3.65. The van der Waals surface area contributed by atoms with Gasteiger partial charge in [-0.15, -0.1) is 0 Å². The smallest absolute Gasteiger partial charge is 0.310 e. The molecular weight excluding hydrogens is 310 g/mol. The molecule has 0 aliphatic heterocycles. The maximum Gasteiger partial charge on any atom is 0.310 e. The van der Waals surface area contributed by atoms with Gasteiger partial charge in [-0.3, -0.25) is 4.79 Å². The van der Waals surface area contributed by atoms with Gasteiger partial charge in [-0.2, -0.15) is 0 Å². The monoisotopic (exact) mass is 325 g/mol. The second-order valence-electron chi connectivity index (χ2n) is 5.26. The Morgan fingerprint density at radius 3 is 2.84 bits per heavy atom. The van der Waals surface area contributed by atoms with Crippen molar-refractivity contribution in [3.8, 4) is 0 Å². The summed E-state index contributed by atoms with van der Waals surface area (Å²) >= 11 is 3.35. The maximum atomic E-state index is 11.5. The molecule has 2 N–H and O–H groups in total. The molecule has 102 valence electrons. The van der Waals surface area contributed by atoms with Gasteiger partial charge in [0.25, 0.3) is 0 Å². The third kappa shape index (κ3) is 2.63. The SMILES string of the molecule is CC(C)C(C)(Cc1nc2ncc(Br)cc2[nH]1)C(=O)O. The molecule has 0 aliphatic rings. The first-order valence-electron chi connectivity index (χ1n) is 6.06. The Labute approximate surface area is 119 Å². The van der Waals surface area contributed by atoms with Gasteiger partial charge >= 0.3 is 5.97 Å². The number of halogens is 1. The van der Waals surface area contributed by atoms with Crippen LogP contribution in [-0.2, 0) is 11.2 Å². The third-order valence-corrected chi connectivity index (χ3v) is 4.08. The molecular formula is C13H16BrN3O2. The first kappa shape index (κ1) is 14.0. The van der Waals surface area contributed by atoms with Crippen molar-refractivity contribution in [1.82, 2.24) is 15.0 Å². The molecule has 2 aromatic rings. The summed E-state index contributed by atoms with van der Waals surface area (Å²) in [4.78, 5) is 23.1. The first-order chi connectivity index (χ1) is 8.83. The van der Waals surface area contributed by atoms with Gasteiger partial charge in [0.15, 0.2) is 5.65 Å². The van der Waals surface area contributed by atoms with Gasteiger partial charge < -0.3 is 10.1 Å². The number of aliphatic carboxylic acids is 1. The van der Waals surface area contributed by atoms with E-state index in [1.807, 2.05) is 19.9 Å². The van der Waals surface area contributed by atoms with Crippen molar-refractivity contribution in [2.24, 2.45) is 11.3 Å². The number of aromatic amines is 1. The summed E-state index contributed by atoms with van der Waals surface area (Å²) in [6, 6.07) is 1.88. The summed E-state index contributed by atoms with van der Waals surface area (Å²) in [6.45, 7) is 5.56. The maximum absolute atomic E-state index is 11.5. The molecule has 0 aromatic carbocycles. The molecule has 0 bridgehead atoms. The van der Waals surface area contributed by atoms with Crippen LogP contribution in [0.4, 0.5) is 0 Å². The second-order valence-corrected chi connectivity index (χ2v) is 6.18. The van der Waals surface area contributed by atoms with Crippen molar-refractivity contribution >= 4 is 33.1 Å². The molecule has 2 aromatic heterocycles. The van der Waals surface area contributed by atoms with Crippen molar-refractivity contribution in [2.75, 3.05) is 0 Å². The molecule has 19 heavy (non-hydrogen) atoms. The highest BCUT2D eigenvalue weighted by Crippen LogP contribution is 2.31. The standard InChI is InChI=1S/C13H16BrN3O2/c1-7(2)13(3,12(18)19)5-10-16-9-4-8(14)6-15-11(9)17-10/h4,6-7H,5H2,1-3H3,(H,18,19)(H,15,16,17). The predicted molar refractivity (Wildman–Crippen MR) is 75.9 cm³/mol. The van der Waals surface area contributed by atoms with Gasteiger partial charge in [0, 0.05) is 17.1 Å². The molecule has 0 saturated carbocycles. The first-order valence-corrected chi connectivity index (χ1v) is 6.86. The van der Waals surface area contributed by atoms with Crippen LogP contribution in [0, 0.1) is 11.3 Å². The zero-order valence-electron chi connectivity index (χ0n) is 11.1. The molecule has 6 heteroatoms. The zero-order chi connectivity index (χ0) is 14.2. The van der Waals surface area contributed by atoms with Crippen LogP contribution < -0.4 is 0 Å². The molecule has 0 fully saturated rings. The topological polar surface area (TPSA) is 78.9 Å². The molecule has 0 spiro atoms. The number of carboxylic acid groups (broad SMARTS) is 1. The molecule has 2 rings (SSSR count). The van der Waals surface area contributed by atoms with Gasteiger partial charge in [0.05, 0.1) is 10.9 Å². The van der Waals surface area contributed by atoms with Crippen LogP contribution in [0.5, 0.6) is 0 Å². The molecule has 5 nitrogen and oxygen atoms in total. The van der Waals surface area contributed by atoms with E-state index >= 15 is 0 Å². The van der Waals surface area contributed by atoms with Gasteiger partial charge in [-0.1, -0.05) is 13.8 Å². The van der Waals surface area contributed by atoms with E-state index in [2.05, 4.69) is 30.9 Å². The minimum atomic E-state index is -0.842.